The predicted molar refractivity (Wildman–Crippen MR) is 78.7 cm³/mol. The number of carbonyl (C=O) groups is 1. The molecule has 1 saturated carbocycles. The number of nitrogens with zero attached hydrogens (tertiary/aromatic N) is 3. The van der Waals surface area contributed by atoms with Gasteiger partial charge in [0, 0.05) is 25.2 Å². The monoisotopic (exact) mass is 289 g/mol. The van der Waals surface area contributed by atoms with Gasteiger partial charge in [-0.2, -0.15) is 0 Å². The number of likely N-dealkylation sites (tertiary alicyclic amines) is 1. The highest BCUT2D eigenvalue weighted by molar-refractivity contribution is 5.78. The second-order valence-electron chi connectivity index (χ2n) is 6.49. The number of aryl methyl sites for hydroxylation is 1. The van der Waals surface area contributed by atoms with Crippen LogP contribution in [0.1, 0.15) is 56.0 Å². The molecule has 3 rings (SSSR count). The summed E-state index contributed by atoms with van der Waals surface area (Å²) in [5, 5.41) is 10.5. The molecule has 0 atom stereocenters. The van der Waals surface area contributed by atoms with E-state index in [9.17, 15) is 9.90 Å². The van der Waals surface area contributed by atoms with Crippen LogP contribution in [0.3, 0.4) is 0 Å². The molecule has 1 N–H and O–H groups in total. The zero-order chi connectivity index (χ0) is 14.9. The summed E-state index contributed by atoms with van der Waals surface area (Å²) in [7, 11) is 0. The Balaban J connectivity index is 1.52. The van der Waals surface area contributed by atoms with Crippen molar-refractivity contribution < 1.29 is 9.90 Å². The van der Waals surface area contributed by atoms with Crippen LogP contribution in [-0.2, 0) is 4.79 Å². The second-order valence-corrected chi connectivity index (χ2v) is 6.49. The molecule has 1 saturated heterocycles. The van der Waals surface area contributed by atoms with E-state index in [0.717, 1.165) is 37.2 Å². The van der Waals surface area contributed by atoms with Gasteiger partial charge >= 0.3 is 0 Å². The van der Waals surface area contributed by atoms with Crippen LogP contribution in [0.25, 0.3) is 0 Å². The normalized spacial score (nSPS) is 21.9. The first-order chi connectivity index (χ1) is 10.1. The molecule has 2 heterocycles. The minimum absolute atomic E-state index is 0.0847. The summed E-state index contributed by atoms with van der Waals surface area (Å²) in [6, 6.07) is 1.92. The molecule has 2 aliphatic rings. The van der Waals surface area contributed by atoms with Crippen LogP contribution in [0, 0.1) is 6.92 Å². The molecule has 0 spiro atoms. The van der Waals surface area contributed by atoms with Crippen LogP contribution < -0.4 is 0 Å². The van der Waals surface area contributed by atoms with E-state index in [1.807, 2.05) is 17.9 Å². The van der Waals surface area contributed by atoms with Gasteiger partial charge in [-0.25, -0.2) is 9.97 Å². The standard InChI is InChI=1S/C16H23N3O2/c1-12-17-8-5-14(18-12)13-10-19(11-13)15(20)9-16(21)6-3-2-4-7-16/h5,8,13,21H,2-4,6-7,9-11H2,1H3. The number of carbonyl (C=O) groups excluding carboxylic acids is 1. The van der Waals surface area contributed by atoms with E-state index in [0.29, 0.717) is 19.0 Å². The molecule has 1 aromatic heterocycles. The highest BCUT2D eigenvalue weighted by Gasteiger charge is 2.38. The molecule has 0 unspecified atom stereocenters. The van der Waals surface area contributed by atoms with Crippen molar-refractivity contribution >= 4 is 5.91 Å². The molecule has 1 aliphatic carbocycles. The maximum absolute atomic E-state index is 12.3. The number of rotatable bonds is 3. The lowest BCUT2D eigenvalue weighted by Gasteiger charge is -2.41. The zero-order valence-electron chi connectivity index (χ0n) is 12.6. The third-order valence-electron chi connectivity index (χ3n) is 4.71. The third-order valence-corrected chi connectivity index (χ3v) is 4.71. The van der Waals surface area contributed by atoms with Gasteiger partial charge in [-0.1, -0.05) is 19.3 Å². The van der Waals surface area contributed by atoms with E-state index in [4.69, 9.17) is 0 Å². The number of aromatic nitrogens is 2. The third kappa shape index (κ3) is 3.23. The van der Waals surface area contributed by atoms with Crippen LogP contribution in [-0.4, -0.2) is 44.6 Å². The Bertz CT molecular complexity index is 520. The Morgan fingerprint density at radius 1 is 1.38 bits per heavy atom. The van der Waals surface area contributed by atoms with Gasteiger partial charge in [-0.3, -0.25) is 4.79 Å². The summed E-state index contributed by atoms with van der Waals surface area (Å²) in [5.74, 6) is 1.17. The maximum atomic E-state index is 12.3. The fourth-order valence-electron chi connectivity index (χ4n) is 3.35. The van der Waals surface area contributed by atoms with E-state index in [-0.39, 0.29) is 12.3 Å². The van der Waals surface area contributed by atoms with E-state index in [1.54, 1.807) is 6.20 Å². The van der Waals surface area contributed by atoms with Gasteiger partial charge in [0.25, 0.3) is 0 Å². The Labute approximate surface area is 125 Å². The summed E-state index contributed by atoms with van der Waals surface area (Å²) in [6.45, 7) is 3.31. The van der Waals surface area contributed by atoms with Gasteiger partial charge in [0.2, 0.25) is 5.91 Å². The summed E-state index contributed by atoms with van der Waals surface area (Å²) < 4.78 is 0. The van der Waals surface area contributed by atoms with Crippen molar-refractivity contribution in [2.75, 3.05) is 13.1 Å². The average molecular weight is 289 g/mol. The molecule has 0 aromatic carbocycles. The van der Waals surface area contributed by atoms with Crippen LogP contribution in [0.4, 0.5) is 0 Å². The zero-order valence-corrected chi connectivity index (χ0v) is 12.6. The average Bonchev–Trinajstić information content (AvgIpc) is 2.37. The molecular weight excluding hydrogens is 266 g/mol. The molecule has 5 nitrogen and oxygen atoms in total. The lowest BCUT2D eigenvalue weighted by molar-refractivity contribution is -0.142. The fraction of sp³-hybridized carbons (Fsp3) is 0.688. The number of hydrogen-bond donors (Lipinski definition) is 1. The molecule has 0 radical (unpaired) electrons. The SMILES string of the molecule is Cc1nccc(C2CN(C(=O)CC3(O)CCCCC3)C2)n1. The summed E-state index contributed by atoms with van der Waals surface area (Å²) in [6.07, 6.45) is 6.83. The van der Waals surface area contributed by atoms with Crippen LogP contribution in [0.5, 0.6) is 0 Å². The second kappa shape index (κ2) is 5.72. The maximum Gasteiger partial charge on any atom is 0.225 e. The van der Waals surface area contributed by atoms with Crippen molar-refractivity contribution in [2.45, 2.75) is 57.0 Å². The summed E-state index contributed by atoms with van der Waals surface area (Å²) >= 11 is 0. The van der Waals surface area contributed by atoms with Gasteiger partial charge in [0.1, 0.15) is 5.82 Å². The Kier molecular flexibility index (Phi) is 3.93. The molecule has 5 heteroatoms. The van der Waals surface area contributed by atoms with Crippen molar-refractivity contribution in [2.24, 2.45) is 0 Å². The van der Waals surface area contributed by atoms with Gasteiger partial charge in [0.15, 0.2) is 0 Å². The first-order valence-electron chi connectivity index (χ1n) is 7.85. The van der Waals surface area contributed by atoms with Crippen LogP contribution in [0.15, 0.2) is 12.3 Å². The molecule has 0 bridgehead atoms. The highest BCUT2D eigenvalue weighted by Crippen LogP contribution is 2.33. The van der Waals surface area contributed by atoms with Crippen molar-refractivity contribution in [1.29, 1.82) is 0 Å². The van der Waals surface area contributed by atoms with E-state index < -0.39 is 5.60 Å². The molecule has 2 fully saturated rings. The van der Waals surface area contributed by atoms with Gasteiger partial charge < -0.3 is 10.0 Å². The van der Waals surface area contributed by atoms with E-state index >= 15 is 0 Å². The molecular formula is C16H23N3O2. The number of amides is 1. The topological polar surface area (TPSA) is 66.3 Å². The van der Waals surface area contributed by atoms with Crippen molar-refractivity contribution in [3.63, 3.8) is 0 Å². The van der Waals surface area contributed by atoms with Gasteiger partial charge in [-0.05, 0) is 25.8 Å². The predicted octanol–water partition coefficient (Wildman–Crippen LogP) is 1.80. The van der Waals surface area contributed by atoms with Crippen molar-refractivity contribution in [1.82, 2.24) is 14.9 Å². The fourth-order valence-corrected chi connectivity index (χ4v) is 3.35. The Morgan fingerprint density at radius 3 is 2.76 bits per heavy atom. The minimum Gasteiger partial charge on any atom is -0.389 e. The number of aliphatic hydroxyl groups is 1. The molecule has 114 valence electrons. The first kappa shape index (κ1) is 14.4. The summed E-state index contributed by atoms with van der Waals surface area (Å²) in [5.41, 5.74) is 0.259. The highest BCUT2D eigenvalue weighted by atomic mass is 16.3. The van der Waals surface area contributed by atoms with E-state index in [1.165, 1.54) is 6.42 Å². The van der Waals surface area contributed by atoms with Crippen molar-refractivity contribution in [3.05, 3.63) is 23.8 Å². The quantitative estimate of drug-likeness (QED) is 0.921. The van der Waals surface area contributed by atoms with E-state index in [2.05, 4.69) is 9.97 Å². The minimum atomic E-state index is -0.758. The lowest BCUT2D eigenvalue weighted by atomic mass is 9.81. The molecule has 1 aromatic rings. The van der Waals surface area contributed by atoms with Crippen molar-refractivity contribution in [3.8, 4) is 0 Å². The summed E-state index contributed by atoms with van der Waals surface area (Å²) in [4.78, 5) is 22.6. The smallest absolute Gasteiger partial charge is 0.225 e. The largest absolute Gasteiger partial charge is 0.389 e. The molecule has 1 aliphatic heterocycles. The lowest BCUT2D eigenvalue weighted by Crippen LogP contribution is -2.51. The number of hydrogen-bond acceptors (Lipinski definition) is 4. The first-order valence-corrected chi connectivity index (χ1v) is 7.85. The van der Waals surface area contributed by atoms with Crippen LogP contribution >= 0.6 is 0 Å². The Hall–Kier alpha value is -1.49. The van der Waals surface area contributed by atoms with Gasteiger partial charge in [-0.15, -0.1) is 0 Å². The molecule has 21 heavy (non-hydrogen) atoms. The van der Waals surface area contributed by atoms with Gasteiger partial charge in [0.05, 0.1) is 17.7 Å². The molecule has 1 amide bonds. The van der Waals surface area contributed by atoms with Crippen LogP contribution in [0.2, 0.25) is 0 Å². The Morgan fingerprint density at radius 2 is 2.10 bits per heavy atom.